The molecular formula is C10H8Cl2F12N3O4P3. The maximum atomic E-state index is 13.8. The Morgan fingerprint density at radius 3 is 1.12 bits per heavy atom. The van der Waals surface area contributed by atoms with E-state index in [9.17, 15) is 52.7 Å². The summed E-state index contributed by atoms with van der Waals surface area (Å²) < 4.78 is 192. The minimum atomic E-state index is -6.12. The summed E-state index contributed by atoms with van der Waals surface area (Å²) in [7, 11) is -5.21. The van der Waals surface area contributed by atoms with Crippen molar-refractivity contribution in [1.29, 1.82) is 0 Å². The van der Waals surface area contributed by atoms with E-state index in [0.29, 0.717) is 0 Å². The van der Waals surface area contributed by atoms with E-state index < -0.39 is 83.2 Å². The second-order valence-corrected chi connectivity index (χ2v) is 15.5. The Balaban J connectivity index is 2.17. The van der Waals surface area contributed by atoms with Crippen molar-refractivity contribution in [1.82, 2.24) is 0 Å². The van der Waals surface area contributed by atoms with Crippen molar-refractivity contribution < 1.29 is 70.8 Å². The van der Waals surface area contributed by atoms with E-state index in [1.54, 1.807) is 0 Å². The number of hydrogen-bond acceptors (Lipinski definition) is 7. The average molecular weight is 626 g/mol. The van der Waals surface area contributed by atoms with E-state index in [2.05, 4.69) is 31.6 Å². The molecule has 1 fully saturated rings. The summed E-state index contributed by atoms with van der Waals surface area (Å²) in [6, 6.07) is 0. The summed E-state index contributed by atoms with van der Waals surface area (Å²) in [6.45, 7) is -20.3. The zero-order valence-corrected chi connectivity index (χ0v) is 19.6. The van der Waals surface area contributed by atoms with Gasteiger partial charge in [-0.1, -0.05) is 0 Å². The summed E-state index contributed by atoms with van der Waals surface area (Å²) in [4.78, 5) is 0. The predicted octanol–water partition coefficient (Wildman–Crippen LogP) is 8.22. The van der Waals surface area contributed by atoms with Crippen molar-refractivity contribution in [3.8, 4) is 0 Å². The van der Waals surface area contributed by atoms with Crippen LogP contribution in [0.25, 0.3) is 0 Å². The van der Waals surface area contributed by atoms with Gasteiger partial charge in [-0.2, -0.15) is 66.2 Å². The standard InChI is InChI=1S/C10H8Cl2F12N3O4P3/c11-32-25-33(12,29-2-6(15,16)9(21,22)5(13,14)1-28-32)27-34(26-32)30-3-7(17,18)10(23,24)8(19,20)4-31-34/h1-4H2. The molecular weight excluding hydrogens is 618 g/mol. The van der Waals surface area contributed by atoms with Gasteiger partial charge in [-0.15, -0.1) is 0 Å². The van der Waals surface area contributed by atoms with Crippen LogP contribution in [0.15, 0.2) is 13.5 Å². The highest BCUT2D eigenvalue weighted by molar-refractivity contribution is 8.00. The lowest BCUT2D eigenvalue weighted by Gasteiger charge is -2.39. The van der Waals surface area contributed by atoms with Gasteiger partial charge >= 0.3 is 56.8 Å². The van der Waals surface area contributed by atoms with Gasteiger partial charge in [0.05, 0.1) is 0 Å². The fourth-order valence-corrected chi connectivity index (χ4v) is 13.8. The Bertz CT molecular complexity index is 987. The zero-order valence-electron chi connectivity index (χ0n) is 15.4. The van der Waals surface area contributed by atoms with E-state index in [-0.39, 0.29) is 0 Å². The van der Waals surface area contributed by atoms with E-state index in [4.69, 9.17) is 22.5 Å². The second kappa shape index (κ2) is 8.13. The molecule has 7 nitrogen and oxygen atoms in total. The molecule has 0 saturated carbocycles. The smallest absolute Gasteiger partial charge is 0.309 e. The maximum Gasteiger partial charge on any atom is 0.376 e. The zero-order chi connectivity index (χ0) is 26.3. The highest BCUT2D eigenvalue weighted by Crippen LogP contribution is 2.84. The average Bonchev–Trinajstić information content (AvgIpc) is 2.66. The summed E-state index contributed by atoms with van der Waals surface area (Å²) >= 11 is 11.5. The van der Waals surface area contributed by atoms with Crippen molar-refractivity contribution in [3.63, 3.8) is 0 Å². The van der Waals surface area contributed by atoms with Crippen LogP contribution in [0.3, 0.4) is 0 Å². The Morgan fingerprint density at radius 2 is 0.765 bits per heavy atom. The molecule has 24 heteroatoms. The van der Waals surface area contributed by atoms with Gasteiger partial charge in [0.25, 0.3) is 0 Å². The Labute approximate surface area is 190 Å². The molecule has 3 aliphatic heterocycles. The minimum Gasteiger partial charge on any atom is -0.309 e. The molecule has 34 heavy (non-hydrogen) atoms. The van der Waals surface area contributed by atoms with Crippen LogP contribution >= 0.6 is 43.7 Å². The number of halogens is 14. The Morgan fingerprint density at radius 1 is 0.471 bits per heavy atom. The van der Waals surface area contributed by atoms with Crippen molar-refractivity contribution in [2.24, 2.45) is 13.5 Å². The SMILES string of the molecule is FC1(F)COP2(Cl)=NP(Cl)(=NP3(=N2)OCC(F)(F)C(F)(F)C(F)(F)CO3)OCC(F)(F)C1(F)F. The third-order valence-electron chi connectivity index (χ3n) is 4.15. The largest absolute Gasteiger partial charge is 0.376 e. The van der Waals surface area contributed by atoms with Crippen LogP contribution in [-0.2, 0) is 18.1 Å². The Hall–Kier alpha value is 0.270. The summed E-state index contributed by atoms with van der Waals surface area (Å²) in [5, 5.41) is 0. The van der Waals surface area contributed by atoms with Crippen molar-refractivity contribution in [3.05, 3.63) is 0 Å². The van der Waals surface area contributed by atoms with Crippen LogP contribution in [0.4, 0.5) is 52.7 Å². The molecule has 2 atom stereocenters. The van der Waals surface area contributed by atoms with Crippen molar-refractivity contribution in [2.45, 2.75) is 35.5 Å². The van der Waals surface area contributed by atoms with Crippen molar-refractivity contribution >= 4 is 43.7 Å². The fourth-order valence-electron chi connectivity index (χ4n) is 2.27. The second-order valence-electron chi connectivity index (χ2n) is 6.77. The lowest BCUT2D eigenvalue weighted by molar-refractivity contribution is -0.325. The first-order valence-electron chi connectivity index (χ1n) is 8.11. The topological polar surface area (TPSA) is 74.0 Å². The molecule has 3 aliphatic rings. The van der Waals surface area contributed by atoms with Gasteiger partial charge in [0.15, 0.2) is 0 Å². The molecule has 0 aromatic carbocycles. The first-order chi connectivity index (χ1) is 14.9. The molecule has 0 aliphatic carbocycles. The summed E-state index contributed by atoms with van der Waals surface area (Å²) in [5.41, 5.74) is 0. The molecule has 2 bridgehead atoms. The molecule has 0 aromatic rings. The van der Waals surface area contributed by atoms with Crippen LogP contribution in [0, 0.1) is 0 Å². The van der Waals surface area contributed by atoms with Gasteiger partial charge in [0, 0.05) is 0 Å². The molecule has 0 N–H and O–H groups in total. The van der Waals surface area contributed by atoms with Gasteiger partial charge in [-0.05, 0) is 22.5 Å². The lowest BCUT2D eigenvalue weighted by atomic mass is 10.1. The van der Waals surface area contributed by atoms with Gasteiger partial charge in [0.1, 0.15) is 26.4 Å². The maximum absolute atomic E-state index is 13.8. The van der Waals surface area contributed by atoms with Gasteiger partial charge in [0.2, 0.25) is 0 Å². The third kappa shape index (κ3) is 4.66. The van der Waals surface area contributed by atoms with Gasteiger partial charge in [-0.3, -0.25) is 9.05 Å². The molecule has 200 valence electrons. The monoisotopic (exact) mass is 625 g/mol. The van der Waals surface area contributed by atoms with Crippen LogP contribution in [0.2, 0.25) is 0 Å². The normalized spacial score (nSPS) is 39.4. The molecule has 2 unspecified atom stereocenters. The number of nitrogens with zero attached hydrogens (tertiary/aromatic N) is 3. The van der Waals surface area contributed by atoms with Gasteiger partial charge < -0.3 is 9.05 Å². The van der Waals surface area contributed by atoms with Crippen molar-refractivity contribution in [2.75, 3.05) is 26.4 Å². The first-order valence-corrected chi connectivity index (χ1v) is 14.7. The number of alkyl halides is 12. The lowest BCUT2D eigenvalue weighted by Crippen LogP contribution is -2.58. The molecule has 0 amide bonds. The summed E-state index contributed by atoms with van der Waals surface area (Å²) in [6.07, 6.45) is 0. The molecule has 1 saturated heterocycles. The third-order valence-corrected chi connectivity index (χ3v) is 14.4. The number of rotatable bonds is 0. The van der Waals surface area contributed by atoms with Crippen LogP contribution in [0.5, 0.6) is 0 Å². The first kappa shape index (κ1) is 28.8. The van der Waals surface area contributed by atoms with E-state index in [1.165, 1.54) is 0 Å². The highest BCUT2D eigenvalue weighted by atomic mass is 35.7. The predicted molar refractivity (Wildman–Crippen MR) is 93.2 cm³/mol. The number of hydrogen-bond donors (Lipinski definition) is 0. The highest BCUT2D eigenvalue weighted by Gasteiger charge is 2.74. The molecule has 0 aromatic heterocycles. The van der Waals surface area contributed by atoms with E-state index in [1.807, 2.05) is 0 Å². The van der Waals surface area contributed by atoms with E-state index in [0.717, 1.165) is 0 Å². The minimum absolute atomic E-state index is 2.59. The van der Waals surface area contributed by atoms with Gasteiger partial charge in [-0.25, -0.2) is 0 Å². The van der Waals surface area contributed by atoms with Crippen LogP contribution < -0.4 is 0 Å². The molecule has 0 radical (unpaired) electrons. The molecule has 3 rings (SSSR count). The van der Waals surface area contributed by atoms with Crippen LogP contribution in [0.1, 0.15) is 0 Å². The molecule has 1 spiro atoms. The van der Waals surface area contributed by atoms with E-state index >= 15 is 0 Å². The molecule has 3 heterocycles. The Kier molecular flexibility index (Phi) is 6.90. The number of fused-ring (bicyclic) bond motifs is 1. The fraction of sp³-hybridized carbons (Fsp3) is 1.00. The quantitative estimate of drug-likeness (QED) is 0.201. The summed E-state index contributed by atoms with van der Waals surface area (Å²) in [5.74, 6) is -34.7. The van der Waals surface area contributed by atoms with Crippen LogP contribution in [-0.4, -0.2) is 62.0 Å².